The van der Waals surface area contributed by atoms with E-state index in [9.17, 15) is 4.79 Å². The van der Waals surface area contributed by atoms with Crippen molar-refractivity contribution in [2.75, 3.05) is 10.7 Å². The number of anilines is 1. The molecule has 0 saturated carbocycles. The molecule has 3 aromatic rings. The van der Waals surface area contributed by atoms with Gasteiger partial charge in [0.15, 0.2) is 11.5 Å². The molecule has 1 aliphatic rings. The molecule has 4 rings (SSSR count). The van der Waals surface area contributed by atoms with Gasteiger partial charge in [-0.1, -0.05) is 56.1 Å². The number of hydrogen-bond acceptors (Lipinski definition) is 7. The van der Waals surface area contributed by atoms with Crippen molar-refractivity contribution < 1.29 is 13.9 Å². The fraction of sp³-hybridized carbons (Fsp3) is 0.364. The summed E-state index contributed by atoms with van der Waals surface area (Å²) in [6.45, 7) is 3.70. The minimum atomic E-state index is -0.779. The Labute approximate surface area is 179 Å². The van der Waals surface area contributed by atoms with E-state index in [1.807, 2.05) is 24.3 Å². The minimum Gasteiger partial charge on any atom is -0.463 e. The Kier molecular flexibility index (Phi) is 6.32. The van der Waals surface area contributed by atoms with Crippen LogP contribution in [0.25, 0.3) is 11.3 Å². The number of benzene rings is 1. The third kappa shape index (κ3) is 4.18. The van der Waals surface area contributed by atoms with E-state index in [0.717, 1.165) is 17.7 Å². The Bertz CT molecular complexity index is 1010. The van der Waals surface area contributed by atoms with Gasteiger partial charge >= 0.3 is 0 Å². The number of aromatic nitrogens is 3. The molecule has 0 N–H and O–H groups in total. The zero-order chi connectivity index (χ0) is 20.9. The first-order valence-electron chi connectivity index (χ1n) is 10.2. The van der Waals surface area contributed by atoms with Crippen molar-refractivity contribution in [2.24, 2.45) is 0 Å². The number of nitrogens with zero attached hydrogens (tertiary/aromatic N) is 4. The first kappa shape index (κ1) is 20.4. The number of fused-ring (bicyclic) bond motifs is 3. The number of para-hydroxylation sites is 1. The monoisotopic (exact) mass is 424 g/mol. The molecule has 0 fully saturated rings. The van der Waals surface area contributed by atoms with Gasteiger partial charge < -0.3 is 9.15 Å². The Morgan fingerprint density at radius 2 is 2.00 bits per heavy atom. The van der Waals surface area contributed by atoms with Gasteiger partial charge in [0.1, 0.15) is 0 Å². The zero-order valence-corrected chi connectivity index (χ0v) is 17.9. The van der Waals surface area contributed by atoms with Crippen LogP contribution in [0.3, 0.4) is 0 Å². The van der Waals surface area contributed by atoms with Gasteiger partial charge in [-0.2, -0.15) is 4.98 Å². The van der Waals surface area contributed by atoms with Gasteiger partial charge in [-0.05, 0) is 24.6 Å². The standard InChI is InChI=1S/C22H24N4O3S/c1-3-4-5-8-14-30-22-23-20-19(24-25-22)16-10-6-7-11-17(16)26(15(2)27)21(29-20)18-12-9-13-28-18/h6-7,9-13,21H,3-5,8,14H2,1-2H3/t21-/m1/s1. The summed E-state index contributed by atoms with van der Waals surface area (Å²) in [6, 6.07) is 11.1. The lowest BCUT2D eigenvalue weighted by Gasteiger charge is -2.28. The van der Waals surface area contributed by atoms with Crippen LogP contribution in [-0.2, 0) is 4.79 Å². The summed E-state index contributed by atoms with van der Waals surface area (Å²) < 4.78 is 11.8. The molecule has 156 valence electrons. The summed E-state index contributed by atoms with van der Waals surface area (Å²) in [5.41, 5.74) is 1.94. The summed E-state index contributed by atoms with van der Waals surface area (Å²) in [4.78, 5) is 18.8. The van der Waals surface area contributed by atoms with E-state index in [-0.39, 0.29) is 5.91 Å². The molecule has 7 nitrogen and oxygen atoms in total. The molecule has 0 radical (unpaired) electrons. The fourth-order valence-corrected chi connectivity index (χ4v) is 4.20. The van der Waals surface area contributed by atoms with Crippen molar-refractivity contribution in [3.63, 3.8) is 0 Å². The summed E-state index contributed by atoms with van der Waals surface area (Å²) in [7, 11) is 0. The maximum absolute atomic E-state index is 12.6. The minimum absolute atomic E-state index is 0.171. The molecule has 30 heavy (non-hydrogen) atoms. The van der Waals surface area contributed by atoms with Gasteiger partial charge in [0.25, 0.3) is 0 Å². The average molecular weight is 425 g/mol. The molecule has 0 saturated heterocycles. The molecule has 8 heteroatoms. The SMILES string of the molecule is CCCCCCSc1nnc2c(n1)O[C@H](c1ccco1)N(C(C)=O)c1ccccc1-2. The second kappa shape index (κ2) is 9.30. The third-order valence-electron chi connectivity index (χ3n) is 4.87. The van der Waals surface area contributed by atoms with E-state index in [0.29, 0.717) is 28.2 Å². The van der Waals surface area contributed by atoms with Crippen LogP contribution in [0.1, 0.15) is 51.5 Å². The van der Waals surface area contributed by atoms with Crippen LogP contribution in [0.15, 0.2) is 52.2 Å². The van der Waals surface area contributed by atoms with E-state index < -0.39 is 6.23 Å². The largest absolute Gasteiger partial charge is 0.463 e. The molecular weight excluding hydrogens is 400 g/mol. The van der Waals surface area contributed by atoms with Gasteiger partial charge in [-0.25, -0.2) is 0 Å². The molecule has 1 aliphatic heterocycles. The highest BCUT2D eigenvalue weighted by atomic mass is 32.2. The Hall–Kier alpha value is -2.87. The maximum atomic E-state index is 12.6. The van der Waals surface area contributed by atoms with Crippen molar-refractivity contribution >= 4 is 23.4 Å². The highest BCUT2D eigenvalue weighted by molar-refractivity contribution is 7.99. The number of furan rings is 1. The second-order valence-corrected chi connectivity index (χ2v) is 8.11. The summed E-state index contributed by atoms with van der Waals surface area (Å²) in [6.07, 6.45) is 5.52. The predicted molar refractivity (Wildman–Crippen MR) is 115 cm³/mol. The topological polar surface area (TPSA) is 81.3 Å². The average Bonchev–Trinajstić information content (AvgIpc) is 3.24. The van der Waals surface area contributed by atoms with E-state index in [1.165, 1.54) is 26.2 Å². The smallest absolute Gasteiger partial charge is 0.247 e. The van der Waals surface area contributed by atoms with Crippen LogP contribution in [-0.4, -0.2) is 26.8 Å². The number of unbranched alkanes of at least 4 members (excludes halogenated alkanes) is 3. The van der Waals surface area contributed by atoms with Crippen molar-refractivity contribution in [3.8, 4) is 17.1 Å². The van der Waals surface area contributed by atoms with Crippen LogP contribution >= 0.6 is 11.8 Å². The lowest BCUT2D eigenvalue weighted by Crippen LogP contribution is -2.35. The number of rotatable bonds is 7. The first-order chi connectivity index (χ1) is 14.7. The Balaban J connectivity index is 1.71. The lowest BCUT2D eigenvalue weighted by molar-refractivity contribution is -0.118. The number of amides is 1. The number of hydrogen-bond donors (Lipinski definition) is 0. The first-order valence-corrected chi connectivity index (χ1v) is 11.1. The molecular formula is C22H24N4O3S. The van der Waals surface area contributed by atoms with Gasteiger partial charge in [0.2, 0.25) is 23.2 Å². The molecule has 0 unspecified atom stereocenters. The highest BCUT2D eigenvalue weighted by Gasteiger charge is 2.35. The predicted octanol–water partition coefficient (Wildman–Crippen LogP) is 5.25. The van der Waals surface area contributed by atoms with Crippen molar-refractivity contribution in [1.82, 2.24) is 15.2 Å². The number of ether oxygens (including phenoxy) is 1. The molecule has 1 amide bonds. The van der Waals surface area contributed by atoms with E-state index in [2.05, 4.69) is 22.1 Å². The molecule has 1 aromatic carbocycles. The maximum Gasteiger partial charge on any atom is 0.247 e. The lowest BCUT2D eigenvalue weighted by atomic mass is 10.1. The number of carbonyl (C=O) groups is 1. The summed E-state index contributed by atoms with van der Waals surface area (Å²) in [5.74, 6) is 1.62. The quantitative estimate of drug-likeness (QED) is 0.378. The van der Waals surface area contributed by atoms with Gasteiger partial charge in [-0.15, -0.1) is 10.2 Å². The molecule has 1 atom stereocenters. The van der Waals surface area contributed by atoms with Crippen molar-refractivity contribution in [2.45, 2.75) is 50.9 Å². The third-order valence-corrected chi connectivity index (χ3v) is 5.79. The molecule has 2 aromatic heterocycles. The number of carbonyl (C=O) groups excluding carboxylic acids is 1. The van der Waals surface area contributed by atoms with Crippen LogP contribution in [0.4, 0.5) is 5.69 Å². The van der Waals surface area contributed by atoms with E-state index in [4.69, 9.17) is 9.15 Å². The van der Waals surface area contributed by atoms with Crippen LogP contribution in [0, 0.1) is 0 Å². The van der Waals surface area contributed by atoms with E-state index in [1.54, 1.807) is 35.1 Å². The van der Waals surface area contributed by atoms with Crippen LogP contribution in [0.5, 0.6) is 5.88 Å². The molecule has 0 aliphatic carbocycles. The second-order valence-electron chi connectivity index (χ2n) is 7.05. The van der Waals surface area contributed by atoms with Gasteiger partial charge in [-0.3, -0.25) is 9.69 Å². The highest BCUT2D eigenvalue weighted by Crippen LogP contribution is 2.43. The van der Waals surface area contributed by atoms with Crippen LogP contribution in [0.2, 0.25) is 0 Å². The fourth-order valence-electron chi connectivity index (χ4n) is 3.42. The molecule has 3 heterocycles. The van der Waals surface area contributed by atoms with Gasteiger partial charge in [0.05, 0.1) is 12.0 Å². The Morgan fingerprint density at radius 1 is 1.13 bits per heavy atom. The molecule has 0 spiro atoms. The zero-order valence-electron chi connectivity index (χ0n) is 17.1. The van der Waals surface area contributed by atoms with E-state index >= 15 is 0 Å². The van der Waals surface area contributed by atoms with Crippen LogP contribution < -0.4 is 9.64 Å². The summed E-state index contributed by atoms with van der Waals surface area (Å²) in [5, 5.41) is 9.29. The molecule has 0 bridgehead atoms. The van der Waals surface area contributed by atoms with Crippen molar-refractivity contribution in [3.05, 3.63) is 48.4 Å². The Morgan fingerprint density at radius 3 is 2.77 bits per heavy atom. The number of thioether (sulfide) groups is 1. The summed E-state index contributed by atoms with van der Waals surface area (Å²) >= 11 is 1.57. The normalized spacial score (nSPS) is 15.1. The van der Waals surface area contributed by atoms with Gasteiger partial charge in [0, 0.05) is 18.2 Å². The van der Waals surface area contributed by atoms with Crippen molar-refractivity contribution in [1.29, 1.82) is 0 Å².